The van der Waals surface area contributed by atoms with Gasteiger partial charge in [0.2, 0.25) is 0 Å². The molecule has 8 heteroatoms. The lowest BCUT2D eigenvalue weighted by Gasteiger charge is -2.26. The minimum atomic E-state index is -4.53. The molecular weight excluding hydrogens is 273 g/mol. The Labute approximate surface area is 114 Å². The fraction of sp³-hybridized carbons (Fsp3) is 0.500. The van der Waals surface area contributed by atoms with Crippen molar-refractivity contribution in [2.24, 2.45) is 5.73 Å². The second-order valence-electron chi connectivity index (χ2n) is 4.61. The number of rotatable bonds is 3. The monoisotopic (exact) mass is 288 g/mol. The zero-order valence-electron chi connectivity index (χ0n) is 10.9. The van der Waals surface area contributed by atoms with Crippen LogP contribution in [0.5, 0.6) is 0 Å². The second-order valence-corrected chi connectivity index (χ2v) is 4.61. The third kappa shape index (κ3) is 2.84. The molecule has 1 saturated heterocycles. The van der Waals surface area contributed by atoms with Gasteiger partial charge in [-0.3, -0.25) is 5.41 Å². The minimum absolute atomic E-state index is 0.0582. The number of nitrogen functional groups attached to an aromatic ring is 1. The normalized spacial score (nSPS) is 19.1. The van der Waals surface area contributed by atoms with Gasteiger partial charge in [0, 0.05) is 13.7 Å². The standard InChI is InChI=1S/C12H15F3N4O/c1-19(7-4-5-20-6-7)11-8(10(16)17)2-3-9(18-11)12(13,14)15/h2-3,7H,4-6H2,1H3,(H3,16,17). The summed E-state index contributed by atoms with van der Waals surface area (Å²) in [7, 11) is 1.63. The fourth-order valence-corrected chi connectivity index (χ4v) is 2.09. The van der Waals surface area contributed by atoms with E-state index in [0.717, 1.165) is 6.07 Å². The van der Waals surface area contributed by atoms with E-state index >= 15 is 0 Å². The van der Waals surface area contributed by atoms with Crippen molar-refractivity contribution >= 4 is 11.7 Å². The van der Waals surface area contributed by atoms with E-state index in [0.29, 0.717) is 19.6 Å². The predicted molar refractivity (Wildman–Crippen MR) is 67.9 cm³/mol. The third-order valence-electron chi connectivity index (χ3n) is 3.24. The summed E-state index contributed by atoms with van der Waals surface area (Å²) in [6.45, 7) is 0.981. The van der Waals surface area contributed by atoms with Crippen LogP contribution in [0.2, 0.25) is 0 Å². The smallest absolute Gasteiger partial charge is 0.384 e. The highest BCUT2D eigenvalue weighted by Crippen LogP contribution is 2.31. The minimum Gasteiger partial charge on any atom is -0.384 e. The van der Waals surface area contributed by atoms with Crippen molar-refractivity contribution in [2.45, 2.75) is 18.6 Å². The lowest BCUT2D eigenvalue weighted by atomic mass is 10.1. The highest BCUT2D eigenvalue weighted by molar-refractivity contribution is 5.99. The molecule has 3 N–H and O–H groups in total. The van der Waals surface area contributed by atoms with Gasteiger partial charge in [-0.2, -0.15) is 13.2 Å². The first-order chi connectivity index (χ1) is 9.30. The van der Waals surface area contributed by atoms with Gasteiger partial charge in [-0.15, -0.1) is 0 Å². The van der Waals surface area contributed by atoms with Crippen LogP contribution in [0.15, 0.2) is 12.1 Å². The Hall–Kier alpha value is -1.83. The molecule has 1 aromatic heterocycles. The van der Waals surface area contributed by atoms with Crippen molar-refractivity contribution in [1.82, 2.24) is 4.98 Å². The average Bonchev–Trinajstić information content (AvgIpc) is 2.89. The number of likely N-dealkylation sites (N-methyl/N-ethyl adjacent to an activating group) is 1. The van der Waals surface area contributed by atoms with Crippen molar-refractivity contribution in [3.05, 3.63) is 23.4 Å². The fourth-order valence-electron chi connectivity index (χ4n) is 2.09. The summed E-state index contributed by atoms with van der Waals surface area (Å²) >= 11 is 0. The maximum Gasteiger partial charge on any atom is 0.433 e. The van der Waals surface area contributed by atoms with Crippen molar-refractivity contribution in [1.29, 1.82) is 5.41 Å². The van der Waals surface area contributed by atoms with Crippen LogP contribution in [0.3, 0.4) is 0 Å². The summed E-state index contributed by atoms with van der Waals surface area (Å²) in [6, 6.07) is 1.95. The Morgan fingerprint density at radius 1 is 1.50 bits per heavy atom. The topological polar surface area (TPSA) is 75.2 Å². The van der Waals surface area contributed by atoms with Crippen LogP contribution < -0.4 is 10.6 Å². The molecule has 0 aliphatic carbocycles. The Balaban J connectivity index is 2.43. The second kappa shape index (κ2) is 5.28. The molecule has 1 atom stereocenters. The van der Waals surface area contributed by atoms with E-state index in [2.05, 4.69) is 4.98 Å². The number of aromatic nitrogens is 1. The summed E-state index contributed by atoms with van der Waals surface area (Å²) in [5.41, 5.74) is 4.60. The van der Waals surface area contributed by atoms with E-state index in [1.54, 1.807) is 11.9 Å². The Bertz CT molecular complexity index is 512. The number of hydrogen-bond donors (Lipinski definition) is 2. The van der Waals surface area contributed by atoms with Crippen molar-refractivity contribution in [3.8, 4) is 0 Å². The van der Waals surface area contributed by atoms with Crippen molar-refractivity contribution in [2.75, 3.05) is 25.2 Å². The predicted octanol–water partition coefficient (Wildman–Crippen LogP) is 1.61. The molecule has 1 aromatic rings. The van der Waals surface area contributed by atoms with E-state index in [4.69, 9.17) is 15.9 Å². The number of amidine groups is 1. The number of alkyl halides is 3. The van der Waals surface area contributed by atoms with E-state index in [-0.39, 0.29) is 23.3 Å². The van der Waals surface area contributed by atoms with E-state index in [1.165, 1.54) is 6.07 Å². The van der Waals surface area contributed by atoms with E-state index < -0.39 is 11.9 Å². The van der Waals surface area contributed by atoms with Gasteiger partial charge in [-0.05, 0) is 18.6 Å². The van der Waals surface area contributed by atoms with Crippen molar-refractivity contribution in [3.63, 3.8) is 0 Å². The zero-order chi connectivity index (χ0) is 14.9. The molecule has 110 valence electrons. The van der Waals surface area contributed by atoms with Crippen LogP contribution in [0.4, 0.5) is 19.0 Å². The molecule has 2 heterocycles. The first kappa shape index (κ1) is 14.6. The molecular formula is C12H15F3N4O. The molecule has 1 fully saturated rings. The molecule has 0 aromatic carbocycles. The molecule has 1 aliphatic heterocycles. The number of pyridine rings is 1. The maximum absolute atomic E-state index is 12.8. The van der Waals surface area contributed by atoms with E-state index in [1.807, 2.05) is 0 Å². The highest BCUT2D eigenvalue weighted by Gasteiger charge is 2.34. The van der Waals surface area contributed by atoms with Gasteiger partial charge in [0.05, 0.1) is 18.2 Å². The number of nitrogens with zero attached hydrogens (tertiary/aromatic N) is 2. The lowest BCUT2D eigenvalue weighted by Crippen LogP contribution is -2.35. The zero-order valence-corrected chi connectivity index (χ0v) is 10.9. The quantitative estimate of drug-likeness (QED) is 0.654. The Morgan fingerprint density at radius 3 is 2.70 bits per heavy atom. The van der Waals surface area contributed by atoms with Crippen LogP contribution >= 0.6 is 0 Å². The van der Waals surface area contributed by atoms with Crippen LogP contribution in [0.25, 0.3) is 0 Å². The number of nitrogens with one attached hydrogen (secondary N) is 1. The summed E-state index contributed by atoms with van der Waals surface area (Å²) in [4.78, 5) is 5.23. The molecule has 20 heavy (non-hydrogen) atoms. The van der Waals surface area contributed by atoms with Crippen LogP contribution in [0.1, 0.15) is 17.7 Å². The molecule has 0 saturated carbocycles. The number of ether oxygens (including phenoxy) is 1. The number of nitrogens with two attached hydrogens (primary N) is 1. The Morgan fingerprint density at radius 2 is 2.20 bits per heavy atom. The highest BCUT2D eigenvalue weighted by atomic mass is 19.4. The van der Waals surface area contributed by atoms with Gasteiger partial charge in [-0.25, -0.2) is 4.98 Å². The largest absolute Gasteiger partial charge is 0.433 e. The molecule has 0 bridgehead atoms. The number of anilines is 1. The van der Waals surface area contributed by atoms with Crippen molar-refractivity contribution < 1.29 is 17.9 Å². The van der Waals surface area contributed by atoms with Gasteiger partial charge in [0.25, 0.3) is 0 Å². The average molecular weight is 288 g/mol. The van der Waals surface area contributed by atoms with Crippen LogP contribution in [-0.2, 0) is 10.9 Å². The third-order valence-corrected chi connectivity index (χ3v) is 3.24. The van der Waals surface area contributed by atoms with Crippen LogP contribution in [0, 0.1) is 5.41 Å². The summed E-state index contributed by atoms with van der Waals surface area (Å²) < 4.78 is 43.5. The summed E-state index contributed by atoms with van der Waals surface area (Å²) in [5, 5.41) is 7.47. The SMILES string of the molecule is CN(c1nc(C(F)(F)F)ccc1C(=N)N)C1CCOC1. The molecule has 0 spiro atoms. The molecule has 1 aliphatic rings. The van der Waals surface area contributed by atoms with Gasteiger partial charge in [0.15, 0.2) is 0 Å². The summed E-state index contributed by atoms with van der Waals surface area (Å²) in [5.74, 6) is -0.255. The lowest BCUT2D eigenvalue weighted by molar-refractivity contribution is -0.141. The van der Waals surface area contributed by atoms with Crippen LogP contribution in [-0.4, -0.2) is 37.1 Å². The van der Waals surface area contributed by atoms with Gasteiger partial charge in [0.1, 0.15) is 17.3 Å². The number of hydrogen-bond acceptors (Lipinski definition) is 4. The first-order valence-electron chi connectivity index (χ1n) is 6.04. The first-order valence-corrected chi connectivity index (χ1v) is 6.04. The van der Waals surface area contributed by atoms with Gasteiger partial charge in [-0.1, -0.05) is 0 Å². The number of halogens is 3. The molecule has 1 unspecified atom stereocenters. The Kier molecular flexibility index (Phi) is 3.85. The molecule has 5 nitrogen and oxygen atoms in total. The molecule has 0 amide bonds. The van der Waals surface area contributed by atoms with Gasteiger partial charge < -0.3 is 15.4 Å². The summed E-state index contributed by atoms with van der Waals surface area (Å²) in [6.07, 6.45) is -3.83. The molecule has 0 radical (unpaired) electrons. The maximum atomic E-state index is 12.8. The van der Waals surface area contributed by atoms with E-state index in [9.17, 15) is 13.2 Å². The van der Waals surface area contributed by atoms with Gasteiger partial charge >= 0.3 is 6.18 Å². The molecule has 2 rings (SSSR count).